The number of halogens is 2. The van der Waals surface area contributed by atoms with Crippen molar-refractivity contribution in [1.29, 1.82) is 0 Å². The van der Waals surface area contributed by atoms with Crippen LogP contribution in [0.25, 0.3) is 0 Å². The van der Waals surface area contributed by atoms with Gasteiger partial charge in [-0.1, -0.05) is 35.8 Å². The van der Waals surface area contributed by atoms with Crippen molar-refractivity contribution in [3.8, 4) is 0 Å². The molecule has 0 unspecified atom stereocenters. The number of likely N-dealkylation sites (tertiary alicyclic amines) is 1. The number of hydrogen-bond acceptors (Lipinski definition) is 7. The molecule has 2 aromatic heterocycles. The smallest absolute Gasteiger partial charge is 0.254 e. The van der Waals surface area contributed by atoms with E-state index in [0.29, 0.717) is 34.5 Å². The first kappa shape index (κ1) is 23.5. The van der Waals surface area contributed by atoms with Crippen LogP contribution in [0, 0.1) is 0 Å². The Bertz CT molecular complexity index is 1230. The average Bonchev–Trinajstić information content (AvgIpc) is 3.29. The second-order valence-corrected chi connectivity index (χ2v) is 8.47. The minimum Gasteiger partial charge on any atom is -0.365 e. The number of anilines is 4. The summed E-state index contributed by atoms with van der Waals surface area (Å²) in [6.07, 6.45) is 7.87. The molecule has 1 atom stereocenters. The molecule has 176 valence electrons. The van der Waals surface area contributed by atoms with Crippen molar-refractivity contribution in [3.05, 3.63) is 65.1 Å². The Labute approximate surface area is 205 Å². The van der Waals surface area contributed by atoms with Crippen molar-refractivity contribution in [2.45, 2.75) is 18.9 Å². The van der Waals surface area contributed by atoms with E-state index in [-0.39, 0.29) is 29.3 Å². The SMILES string of the molecule is C=CC(=O)N1CCC[C@H](n2cc(Nc3ncc(C(N)=O)c(Nc4c(Cl)cccc4Cl)n3)cn2)C1. The Kier molecular flexibility index (Phi) is 6.99. The topological polar surface area (TPSA) is 131 Å². The molecule has 1 fully saturated rings. The van der Waals surface area contributed by atoms with Crippen molar-refractivity contribution in [2.24, 2.45) is 5.73 Å². The summed E-state index contributed by atoms with van der Waals surface area (Å²) < 4.78 is 1.81. The third-order valence-corrected chi connectivity index (χ3v) is 6.00. The minimum atomic E-state index is -0.707. The number of nitrogens with one attached hydrogen (secondary N) is 2. The predicted octanol–water partition coefficient (Wildman–Crippen LogP) is 3.92. The lowest BCUT2D eigenvalue weighted by atomic mass is 10.1. The maximum Gasteiger partial charge on any atom is 0.254 e. The summed E-state index contributed by atoms with van der Waals surface area (Å²) in [5.41, 5.74) is 6.59. The van der Waals surface area contributed by atoms with Gasteiger partial charge in [0.15, 0.2) is 0 Å². The van der Waals surface area contributed by atoms with Gasteiger partial charge in [-0.15, -0.1) is 0 Å². The van der Waals surface area contributed by atoms with E-state index in [9.17, 15) is 9.59 Å². The minimum absolute atomic E-state index is 0.0472. The predicted molar refractivity (Wildman–Crippen MR) is 131 cm³/mol. The number of amides is 2. The lowest BCUT2D eigenvalue weighted by Crippen LogP contribution is -2.39. The van der Waals surface area contributed by atoms with E-state index in [0.717, 1.165) is 12.8 Å². The van der Waals surface area contributed by atoms with Gasteiger partial charge in [-0.05, 0) is 31.1 Å². The molecule has 34 heavy (non-hydrogen) atoms. The molecule has 0 radical (unpaired) electrons. The van der Waals surface area contributed by atoms with Crippen LogP contribution in [-0.4, -0.2) is 49.6 Å². The normalized spacial score (nSPS) is 15.6. The summed E-state index contributed by atoms with van der Waals surface area (Å²) in [6, 6.07) is 5.06. The second-order valence-electron chi connectivity index (χ2n) is 7.66. The molecule has 10 nitrogen and oxygen atoms in total. The van der Waals surface area contributed by atoms with Crippen LogP contribution in [0.1, 0.15) is 29.2 Å². The second kappa shape index (κ2) is 10.1. The number of rotatable bonds is 7. The highest BCUT2D eigenvalue weighted by Crippen LogP contribution is 2.33. The number of nitrogens with zero attached hydrogens (tertiary/aromatic N) is 5. The van der Waals surface area contributed by atoms with Gasteiger partial charge in [0.05, 0.1) is 33.7 Å². The number of nitrogens with two attached hydrogens (primary N) is 1. The molecule has 1 aliphatic heterocycles. The van der Waals surface area contributed by atoms with Gasteiger partial charge in [-0.25, -0.2) is 4.98 Å². The van der Waals surface area contributed by atoms with Crippen LogP contribution in [-0.2, 0) is 4.79 Å². The molecule has 0 bridgehead atoms. The van der Waals surface area contributed by atoms with Crippen LogP contribution < -0.4 is 16.4 Å². The zero-order valence-corrected chi connectivity index (χ0v) is 19.6. The quantitative estimate of drug-likeness (QED) is 0.419. The fourth-order valence-electron chi connectivity index (χ4n) is 3.68. The van der Waals surface area contributed by atoms with E-state index < -0.39 is 5.91 Å². The standard InChI is InChI=1S/C22H22Cl2N8O2/c1-2-18(33)31-8-4-5-14(12-31)32-11-13(9-27-32)28-22-26-10-15(20(25)34)21(30-22)29-19-16(23)6-3-7-17(19)24/h2-3,6-7,9-11,14H,1,4-5,8,12H2,(H2,25,34)(H2,26,28,29,30)/t14-/m0/s1. The first-order chi connectivity index (χ1) is 16.4. The van der Waals surface area contributed by atoms with Crippen LogP contribution in [0.5, 0.6) is 0 Å². The lowest BCUT2D eigenvalue weighted by Gasteiger charge is -2.32. The number of aromatic nitrogens is 4. The molecule has 2 amide bonds. The van der Waals surface area contributed by atoms with E-state index in [4.69, 9.17) is 28.9 Å². The first-order valence-corrected chi connectivity index (χ1v) is 11.2. The number of para-hydroxylation sites is 1. The third kappa shape index (κ3) is 5.13. The molecular weight excluding hydrogens is 479 g/mol. The van der Waals surface area contributed by atoms with Gasteiger partial charge in [0.25, 0.3) is 5.91 Å². The van der Waals surface area contributed by atoms with Gasteiger partial charge in [-0.2, -0.15) is 10.1 Å². The summed E-state index contributed by atoms with van der Waals surface area (Å²) in [7, 11) is 0. The molecule has 1 aliphatic rings. The Morgan fingerprint density at radius 1 is 1.21 bits per heavy atom. The van der Waals surface area contributed by atoms with Gasteiger partial charge in [0.2, 0.25) is 11.9 Å². The number of hydrogen-bond donors (Lipinski definition) is 3. The zero-order valence-electron chi connectivity index (χ0n) is 18.0. The van der Waals surface area contributed by atoms with Crippen LogP contribution in [0.4, 0.5) is 23.1 Å². The van der Waals surface area contributed by atoms with Crippen molar-refractivity contribution < 1.29 is 9.59 Å². The summed E-state index contributed by atoms with van der Waals surface area (Å²) in [5, 5.41) is 11.2. The lowest BCUT2D eigenvalue weighted by molar-refractivity contribution is -0.127. The van der Waals surface area contributed by atoms with Gasteiger partial charge in [0.1, 0.15) is 11.4 Å². The summed E-state index contributed by atoms with van der Waals surface area (Å²) >= 11 is 12.5. The Hall–Kier alpha value is -3.63. The number of benzene rings is 1. The molecule has 3 heterocycles. The monoisotopic (exact) mass is 500 g/mol. The van der Waals surface area contributed by atoms with Gasteiger partial charge < -0.3 is 21.3 Å². The number of carbonyl (C=O) groups excluding carboxylic acids is 2. The Morgan fingerprint density at radius 3 is 2.68 bits per heavy atom. The summed E-state index contributed by atoms with van der Waals surface area (Å²) in [6.45, 7) is 4.82. The van der Waals surface area contributed by atoms with Crippen LogP contribution in [0.15, 0.2) is 49.4 Å². The Morgan fingerprint density at radius 2 is 1.97 bits per heavy atom. The molecule has 1 saturated heterocycles. The average molecular weight is 501 g/mol. The van der Waals surface area contributed by atoms with Crippen LogP contribution >= 0.6 is 23.2 Å². The number of primary amides is 1. The van der Waals surface area contributed by atoms with E-state index in [2.05, 4.69) is 32.3 Å². The molecular formula is C22H22Cl2N8O2. The highest BCUT2D eigenvalue weighted by Gasteiger charge is 2.24. The molecule has 0 aliphatic carbocycles. The highest BCUT2D eigenvalue weighted by atomic mass is 35.5. The number of piperidine rings is 1. The van der Waals surface area contributed by atoms with Gasteiger partial charge in [-0.3, -0.25) is 14.3 Å². The largest absolute Gasteiger partial charge is 0.365 e. The fraction of sp³-hybridized carbons (Fsp3) is 0.227. The Balaban J connectivity index is 1.54. The maximum atomic E-state index is 12.0. The van der Waals surface area contributed by atoms with E-state index in [1.165, 1.54) is 12.3 Å². The molecule has 0 saturated carbocycles. The van der Waals surface area contributed by atoms with E-state index >= 15 is 0 Å². The van der Waals surface area contributed by atoms with E-state index in [1.807, 2.05) is 10.9 Å². The van der Waals surface area contributed by atoms with Crippen molar-refractivity contribution in [2.75, 3.05) is 23.7 Å². The zero-order chi connectivity index (χ0) is 24.2. The number of carbonyl (C=O) groups is 2. The third-order valence-electron chi connectivity index (χ3n) is 5.37. The summed E-state index contributed by atoms with van der Waals surface area (Å²) in [5.74, 6) is -0.432. The molecule has 0 spiro atoms. The molecule has 4 N–H and O–H groups in total. The highest BCUT2D eigenvalue weighted by molar-refractivity contribution is 6.39. The fourth-order valence-corrected chi connectivity index (χ4v) is 4.18. The van der Waals surface area contributed by atoms with Crippen molar-refractivity contribution in [3.63, 3.8) is 0 Å². The van der Waals surface area contributed by atoms with Crippen molar-refractivity contribution in [1.82, 2.24) is 24.6 Å². The maximum absolute atomic E-state index is 12.0. The van der Waals surface area contributed by atoms with E-state index in [1.54, 1.807) is 29.3 Å². The van der Waals surface area contributed by atoms with Gasteiger partial charge in [0, 0.05) is 25.5 Å². The molecule has 3 aromatic rings. The first-order valence-electron chi connectivity index (χ1n) is 10.5. The molecule has 4 rings (SSSR count). The summed E-state index contributed by atoms with van der Waals surface area (Å²) in [4.78, 5) is 34.2. The van der Waals surface area contributed by atoms with Crippen LogP contribution in [0.3, 0.4) is 0 Å². The molecule has 12 heteroatoms. The van der Waals surface area contributed by atoms with Gasteiger partial charge >= 0.3 is 0 Å². The van der Waals surface area contributed by atoms with Crippen molar-refractivity contribution >= 4 is 58.2 Å². The molecule has 1 aromatic carbocycles. The van der Waals surface area contributed by atoms with Crippen LogP contribution in [0.2, 0.25) is 10.0 Å².